The van der Waals surface area contributed by atoms with E-state index in [2.05, 4.69) is 10.1 Å². The number of nitrogens with one attached hydrogen (secondary N) is 1. The van der Waals surface area contributed by atoms with Crippen LogP contribution in [0.3, 0.4) is 0 Å². The van der Waals surface area contributed by atoms with E-state index < -0.39 is 5.82 Å². The van der Waals surface area contributed by atoms with E-state index in [1.165, 1.54) is 26.4 Å². The summed E-state index contributed by atoms with van der Waals surface area (Å²) in [6, 6.07) is 4.42. The molecule has 0 heterocycles. The van der Waals surface area contributed by atoms with E-state index in [-0.39, 0.29) is 18.1 Å². The topological polar surface area (TPSA) is 47.6 Å². The van der Waals surface area contributed by atoms with Gasteiger partial charge in [0, 0.05) is 18.3 Å². The first-order valence-corrected chi connectivity index (χ1v) is 4.81. The van der Waals surface area contributed by atoms with Gasteiger partial charge in [0.1, 0.15) is 0 Å². The number of rotatable bonds is 5. The highest BCUT2D eigenvalue weighted by Crippen LogP contribution is 2.21. The van der Waals surface area contributed by atoms with Gasteiger partial charge in [0.2, 0.25) is 0 Å². The number of halogens is 1. The van der Waals surface area contributed by atoms with E-state index >= 15 is 0 Å². The molecule has 0 radical (unpaired) electrons. The predicted molar refractivity (Wildman–Crippen MR) is 58.1 cm³/mol. The number of anilines is 1. The van der Waals surface area contributed by atoms with Crippen LogP contribution in [0, 0.1) is 5.82 Å². The minimum Gasteiger partial charge on any atom is -0.494 e. The third-order valence-corrected chi connectivity index (χ3v) is 2.04. The van der Waals surface area contributed by atoms with Crippen LogP contribution < -0.4 is 10.1 Å². The van der Waals surface area contributed by atoms with Gasteiger partial charge in [-0.05, 0) is 12.1 Å². The Morgan fingerprint density at radius 2 is 2.19 bits per heavy atom. The summed E-state index contributed by atoms with van der Waals surface area (Å²) in [6.07, 6.45) is 0.260. The molecule has 16 heavy (non-hydrogen) atoms. The van der Waals surface area contributed by atoms with Crippen molar-refractivity contribution >= 4 is 11.7 Å². The predicted octanol–water partition coefficient (Wildman–Crippen LogP) is 1.81. The molecule has 0 unspecified atom stereocenters. The largest absolute Gasteiger partial charge is 0.494 e. The minimum atomic E-state index is -0.416. The molecule has 0 aliphatic heterocycles. The quantitative estimate of drug-likeness (QED) is 0.779. The van der Waals surface area contributed by atoms with Gasteiger partial charge in [0.25, 0.3) is 0 Å². The number of carbonyl (C=O) groups excluding carboxylic acids is 1. The molecule has 0 aliphatic carbocycles. The van der Waals surface area contributed by atoms with Crippen molar-refractivity contribution in [2.45, 2.75) is 6.42 Å². The molecular weight excluding hydrogens is 213 g/mol. The molecule has 0 aromatic heterocycles. The number of carbonyl (C=O) groups is 1. The Bertz CT molecular complexity index is 368. The summed E-state index contributed by atoms with van der Waals surface area (Å²) in [5.41, 5.74) is 0.696. The third kappa shape index (κ3) is 3.42. The van der Waals surface area contributed by atoms with Gasteiger partial charge < -0.3 is 14.8 Å². The van der Waals surface area contributed by atoms with Crippen LogP contribution in [0.2, 0.25) is 0 Å². The fourth-order valence-corrected chi connectivity index (χ4v) is 1.18. The van der Waals surface area contributed by atoms with Gasteiger partial charge in [-0.2, -0.15) is 0 Å². The Labute approximate surface area is 93.4 Å². The first kappa shape index (κ1) is 12.3. The molecule has 4 nitrogen and oxygen atoms in total. The zero-order valence-corrected chi connectivity index (χ0v) is 9.25. The summed E-state index contributed by atoms with van der Waals surface area (Å²) >= 11 is 0. The first-order chi connectivity index (χ1) is 7.67. The lowest BCUT2D eigenvalue weighted by atomic mass is 10.3. The average Bonchev–Trinajstić information content (AvgIpc) is 2.31. The molecule has 0 bridgehead atoms. The SMILES string of the molecule is COC(=O)CCNc1ccc(F)c(OC)c1. The van der Waals surface area contributed by atoms with E-state index in [0.29, 0.717) is 12.2 Å². The average molecular weight is 227 g/mol. The highest BCUT2D eigenvalue weighted by molar-refractivity contribution is 5.69. The summed E-state index contributed by atoms with van der Waals surface area (Å²) in [7, 11) is 2.74. The molecule has 1 aromatic rings. The molecule has 0 saturated heterocycles. The first-order valence-electron chi connectivity index (χ1n) is 4.81. The second-order valence-corrected chi connectivity index (χ2v) is 3.10. The lowest BCUT2D eigenvalue weighted by Crippen LogP contribution is -2.09. The van der Waals surface area contributed by atoms with Gasteiger partial charge in [0.05, 0.1) is 20.6 Å². The highest BCUT2D eigenvalue weighted by atomic mass is 19.1. The summed E-state index contributed by atoms with van der Waals surface area (Å²) in [4.78, 5) is 10.8. The summed E-state index contributed by atoms with van der Waals surface area (Å²) in [6.45, 7) is 0.432. The maximum absolute atomic E-state index is 13.0. The van der Waals surface area contributed by atoms with Crippen molar-refractivity contribution in [3.63, 3.8) is 0 Å². The molecular formula is C11H14FNO3. The van der Waals surface area contributed by atoms with Crippen molar-refractivity contribution in [2.75, 3.05) is 26.1 Å². The fourth-order valence-electron chi connectivity index (χ4n) is 1.18. The normalized spacial score (nSPS) is 9.69. The Kier molecular flexibility index (Phi) is 4.57. The number of hydrogen-bond donors (Lipinski definition) is 1. The Morgan fingerprint density at radius 3 is 2.81 bits per heavy atom. The van der Waals surface area contributed by atoms with Crippen molar-refractivity contribution in [2.24, 2.45) is 0 Å². The van der Waals surface area contributed by atoms with Crippen molar-refractivity contribution < 1.29 is 18.7 Å². The Balaban J connectivity index is 2.51. The van der Waals surface area contributed by atoms with Gasteiger partial charge in [-0.25, -0.2) is 4.39 Å². The van der Waals surface area contributed by atoms with Gasteiger partial charge in [-0.1, -0.05) is 0 Å². The summed E-state index contributed by atoms with van der Waals surface area (Å²) in [5.74, 6) is -0.536. The Hall–Kier alpha value is -1.78. The van der Waals surface area contributed by atoms with E-state index in [1.807, 2.05) is 0 Å². The molecule has 1 aromatic carbocycles. The number of esters is 1. The van der Waals surface area contributed by atoms with Gasteiger partial charge in [0.15, 0.2) is 11.6 Å². The van der Waals surface area contributed by atoms with E-state index in [1.54, 1.807) is 6.07 Å². The van der Waals surface area contributed by atoms with Crippen LogP contribution in [0.25, 0.3) is 0 Å². The molecule has 0 atom stereocenters. The number of ether oxygens (including phenoxy) is 2. The molecule has 0 aliphatic rings. The van der Waals surface area contributed by atoms with Crippen molar-refractivity contribution in [3.05, 3.63) is 24.0 Å². The molecule has 0 fully saturated rings. The second kappa shape index (κ2) is 5.95. The molecule has 0 amide bonds. The maximum atomic E-state index is 13.0. The molecule has 1 rings (SSSR count). The van der Waals surface area contributed by atoms with Crippen LogP contribution in [0.15, 0.2) is 18.2 Å². The monoisotopic (exact) mass is 227 g/mol. The van der Waals surface area contributed by atoms with E-state index in [0.717, 1.165) is 0 Å². The standard InChI is InChI=1S/C11H14FNO3/c1-15-10-7-8(3-4-9(10)12)13-6-5-11(14)16-2/h3-4,7,13H,5-6H2,1-2H3. The van der Waals surface area contributed by atoms with Crippen molar-refractivity contribution in [1.29, 1.82) is 0 Å². The third-order valence-electron chi connectivity index (χ3n) is 2.04. The van der Waals surface area contributed by atoms with Crippen LogP contribution >= 0.6 is 0 Å². The van der Waals surface area contributed by atoms with Crippen molar-refractivity contribution in [1.82, 2.24) is 0 Å². The lowest BCUT2D eigenvalue weighted by molar-refractivity contribution is -0.140. The zero-order chi connectivity index (χ0) is 12.0. The van der Waals surface area contributed by atoms with Gasteiger partial charge in [-0.15, -0.1) is 0 Å². The maximum Gasteiger partial charge on any atom is 0.307 e. The number of methoxy groups -OCH3 is 2. The van der Waals surface area contributed by atoms with Crippen LogP contribution in [0.1, 0.15) is 6.42 Å². The fraction of sp³-hybridized carbons (Fsp3) is 0.364. The van der Waals surface area contributed by atoms with Crippen LogP contribution in [0.5, 0.6) is 5.75 Å². The molecule has 1 N–H and O–H groups in total. The number of hydrogen-bond acceptors (Lipinski definition) is 4. The molecule has 88 valence electrons. The van der Waals surface area contributed by atoms with Crippen LogP contribution in [-0.2, 0) is 9.53 Å². The lowest BCUT2D eigenvalue weighted by Gasteiger charge is -2.08. The van der Waals surface area contributed by atoms with E-state index in [4.69, 9.17) is 4.74 Å². The molecule has 0 spiro atoms. The number of benzene rings is 1. The van der Waals surface area contributed by atoms with Gasteiger partial charge in [-0.3, -0.25) is 4.79 Å². The second-order valence-electron chi connectivity index (χ2n) is 3.10. The summed E-state index contributed by atoms with van der Waals surface area (Å²) in [5, 5.41) is 2.96. The van der Waals surface area contributed by atoms with Gasteiger partial charge >= 0.3 is 5.97 Å². The van der Waals surface area contributed by atoms with Crippen LogP contribution in [0.4, 0.5) is 10.1 Å². The minimum absolute atomic E-state index is 0.170. The Morgan fingerprint density at radius 1 is 1.44 bits per heavy atom. The molecule has 0 saturated carbocycles. The molecule has 5 heteroatoms. The van der Waals surface area contributed by atoms with E-state index in [9.17, 15) is 9.18 Å². The summed E-state index contributed by atoms with van der Waals surface area (Å²) < 4.78 is 22.4. The van der Waals surface area contributed by atoms with Crippen LogP contribution in [-0.4, -0.2) is 26.7 Å². The zero-order valence-electron chi connectivity index (χ0n) is 9.25. The highest BCUT2D eigenvalue weighted by Gasteiger charge is 2.04. The smallest absolute Gasteiger partial charge is 0.307 e. The van der Waals surface area contributed by atoms with Crippen molar-refractivity contribution in [3.8, 4) is 5.75 Å².